The van der Waals surface area contributed by atoms with Gasteiger partial charge in [-0.15, -0.1) is 0 Å². The van der Waals surface area contributed by atoms with E-state index in [1.165, 1.54) is 12.1 Å². The lowest BCUT2D eigenvalue weighted by Crippen LogP contribution is -2.49. The Morgan fingerprint density at radius 2 is 2.20 bits per heavy atom. The summed E-state index contributed by atoms with van der Waals surface area (Å²) < 4.78 is 23.4. The van der Waals surface area contributed by atoms with E-state index in [1.807, 2.05) is 6.07 Å². The Labute approximate surface area is 117 Å². The molecule has 0 spiro atoms. The molecule has 0 amide bonds. The molecule has 1 aromatic heterocycles. The van der Waals surface area contributed by atoms with E-state index in [9.17, 15) is 4.39 Å². The standard InChI is InChI=1S/C15H17FN2O2/c1-19-10-13-6-7-18(13)9-14-8-15(17-20-14)11-2-4-12(16)5-3-11/h2-5,8,13H,6-7,9-10H2,1H3. The highest BCUT2D eigenvalue weighted by Crippen LogP contribution is 2.24. The Morgan fingerprint density at radius 3 is 2.85 bits per heavy atom. The van der Waals surface area contributed by atoms with Crippen molar-refractivity contribution in [1.29, 1.82) is 0 Å². The van der Waals surface area contributed by atoms with Crippen molar-refractivity contribution in [3.05, 3.63) is 41.9 Å². The van der Waals surface area contributed by atoms with Gasteiger partial charge in [0.25, 0.3) is 0 Å². The molecule has 1 atom stereocenters. The van der Waals surface area contributed by atoms with E-state index < -0.39 is 0 Å². The highest BCUT2D eigenvalue weighted by molar-refractivity contribution is 5.58. The smallest absolute Gasteiger partial charge is 0.151 e. The fourth-order valence-electron chi connectivity index (χ4n) is 2.43. The van der Waals surface area contributed by atoms with Crippen LogP contribution in [0.2, 0.25) is 0 Å². The van der Waals surface area contributed by atoms with Crippen molar-refractivity contribution in [1.82, 2.24) is 10.1 Å². The molecule has 0 N–H and O–H groups in total. The molecule has 1 aliphatic rings. The summed E-state index contributed by atoms with van der Waals surface area (Å²) in [7, 11) is 1.72. The average molecular weight is 276 g/mol. The van der Waals surface area contributed by atoms with E-state index >= 15 is 0 Å². The first kappa shape index (κ1) is 13.3. The molecule has 1 fully saturated rings. The molecule has 0 saturated carbocycles. The third-order valence-electron chi connectivity index (χ3n) is 3.68. The van der Waals surface area contributed by atoms with Crippen LogP contribution < -0.4 is 0 Å². The lowest BCUT2D eigenvalue weighted by molar-refractivity contribution is 0.0124. The molecule has 4 nitrogen and oxygen atoms in total. The molecular formula is C15H17FN2O2. The average Bonchev–Trinajstić information content (AvgIpc) is 2.90. The van der Waals surface area contributed by atoms with Gasteiger partial charge in [-0.25, -0.2) is 4.39 Å². The van der Waals surface area contributed by atoms with Crippen LogP contribution in [0.4, 0.5) is 4.39 Å². The maximum absolute atomic E-state index is 12.9. The van der Waals surface area contributed by atoms with Crippen LogP contribution in [0, 0.1) is 5.82 Å². The number of halogens is 1. The van der Waals surface area contributed by atoms with Crippen LogP contribution in [0.1, 0.15) is 12.2 Å². The van der Waals surface area contributed by atoms with E-state index in [2.05, 4.69) is 10.1 Å². The number of likely N-dealkylation sites (tertiary alicyclic amines) is 1. The molecule has 0 aliphatic carbocycles. The number of rotatable bonds is 5. The molecular weight excluding hydrogens is 259 g/mol. The Bertz CT molecular complexity index is 568. The number of benzene rings is 1. The number of ether oxygens (including phenoxy) is 1. The SMILES string of the molecule is COCC1CCN1Cc1cc(-c2ccc(F)cc2)no1. The lowest BCUT2D eigenvalue weighted by Gasteiger charge is -2.39. The lowest BCUT2D eigenvalue weighted by atomic mass is 10.0. The van der Waals surface area contributed by atoms with Crippen molar-refractivity contribution < 1.29 is 13.7 Å². The minimum absolute atomic E-state index is 0.250. The number of methoxy groups -OCH3 is 1. The van der Waals surface area contributed by atoms with Crippen LogP contribution in [-0.2, 0) is 11.3 Å². The third kappa shape index (κ3) is 2.73. The number of hydrogen-bond acceptors (Lipinski definition) is 4. The van der Waals surface area contributed by atoms with Crippen LogP contribution in [-0.4, -0.2) is 36.4 Å². The van der Waals surface area contributed by atoms with Crippen molar-refractivity contribution in [2.45, 2.75) is 19.0 Å². The van der Waals surface area contributed by atoms with Gasteiger partial charge in [0.2, 0.25) is 0 Å². The van der Waals surface area contributed by atoms with Crippen LogP contribution in [0.5, 0.6) is 0 Å². The minimum Gasteiger partial charge on any atom is -0.383 e. The molecule has 20 heavy (non-hydrogen) atoms. The van der Waals surface area contributed by atoms with Gasteiger partial charge in [0.1, 0.15) is 11.5 Å². The quantitative estimate of drug-likeness (QED) is 0.841. The summed E-state index contributed by atoms with van der Waals surface area (Å²) in [5.41, 5.74) is 1.60. The van der Waals surface area contributed by atoms with Crippen LogP contribution >= 0.6 is 0 Å². The summed E-state index contributed by atoms with van der Waals surface area (Å²) >= 11 is 0. The maximum Gasteiger partial charge on any atom is 0.151 e. The third-order valence-corrected chi connectivity index (χ3v) is 3.68. The number of aromatic nitrogens is 1. The van der Waals surface area contributed by atoms with Gasteiger partial charge in [0.05, 0.1) is 13.2 Å². The molecule has 1 unspecified atom stereocenters. The highest BCUT2D eigenvalue weighted by Gasteiger charge is 2.28. The maximum atomic E-state index is 12.9. The monoisotopic (exact) mass is 276 g/mol. The molecule has 0 bridgehead atoms. The van der Waals surface area contributed by atoms with Gasteiger partial charge in [0.15, 0.2) is 5.76 Å². The molecule has 2 heterocycles. The van der Waals surface area contributed by atoms with E-state index in [4.69, 9.17) is 9.26 Å². The number of hydrogen-bond donors (Lipinski definition) is 0. The van der Waals surface area contributed by atoms with Crippen LogP contribution in [0.15, 0.2) is 34.9 Å². The van der Waals surface area contributed by atoms with Crippen molar-refractivity contribution >= 4 is 0 Å². The van der Waals surface area contributed by atoms with Gasteiger partial charge in [-0.2, -0.15) is 0 Å². The molecule has 2 aromatic rings. The fraction of sp³-hybridized carbons (Fsp3) is 0.400. The Hall–Kier alpha value is -1.72. The normalized spacial score (nSPS) is 19.0. The minimum atomic E-state index is -0.250. The second kappa shape index (κ2) is 5.73. The summed E-state index contributed by atoms with van der Waals surface area (Å²) in [4.78, 5) is 2.30. The molecule has 3 rings (SSSR count). The summed E-state index contributed by atoms with van der Waals surface area (Å²) in [5, 5.41) is 4.04. The summed E-state index contributed by atoms with van der Waals surface area (Å²) in [6.07, 6.45) is 1.16. The molecule has 0 radical (unpaired) electrons. The zero-order chi connectivity index (χ0) is 13.9. The zero-order valence-corrected chi connectivity index (χ0v) is 11.4. The first-order chi connectivity index (χ1) is 9.76. The second-order valence-corrected chi connectivity index (χ2v) is 5.05. The van der Waals surface area contributed by atoms with Gasteiger partial charge < -0.3 is 9.26 Å². The topological polar surface area (TPSA) is 38.5 Å². The van der Waals surface area contributed by atoms with Crippen molar-refractivity contribution in [3.63, 3.8) is 0 Å². The van der Waals surface area contributed by atoms with Crippen molar-refractivity contribution in [3.8, 4) is 11.3 Å². The second-order valence-electron chi connectivity index (χ2n) is 5.05. The molecule has 106 valence electrons. The molecule has 1 aromatic carbocycles. The first-order valence-electron chi connectivity index (χ1n) is 6.71. The summed E-state index contributed by atoms with van der Waals surface area (Å²) in [5.74, 6) is 0.575. The van der Waals surface area contributed by atoms with Gasteiger partial charge in [-0.3, -0.25) is 4.90 Å². The Kier molecular flexibility index (Phi) is 3.80. The molecule has 1 saturated heterocycles. The predicted molar refractivity (Wildman–Crippen MR) is 72.6 cm³/mol. The Morgan fingerprint density at radius 1 is 1.40 bits per heavy atom. The van der Waals surface area contributed by atoms with Gasteiger partial charge >= 0.3 is 0 Å². The fourth-order valence-corrected chi connectivity index (χ4v) is 2.43. The van der Waals surface area contributed by atoms with E-state index in [-0.39, 0.29) is 5.82 Å². The van der Waals surface area contributed by atoms with E-state index in [1.54, 1.807) is 19.2 Å². The number of nitrogens with zero attached hydrogens (tertiary/aromatic N) is 2. The first-order valence-corrected chi connectivity index (χ1v) is 6.71. The van der Waals surface area contributed by atoms with Gasteiger partial charge in [0, 0.05) is 31.3 Å². The van der Waals surface area contributed by atoms with E-state index in [0.717, 1.165) is 43.1 Å². The largest absolute Gasteiger partial charge is 0.383 e. The predicted octanol–water partition coefficient (Wildman–Crippen LogP) is 2.70. The highest BCUT2D eigenvalue weighted by atomic mass is 19.1. The summed E-state index contributed by atoms with van der Waals surface area (Å²) in [6, 6.07) is 8.64. The van der Waals surface area contributed by atoms with Gasteiger partial charge in [-0.1, -0.05) is 5.16 Å². The summed E-state index contributed by atoms with van der Waals surface area (Å²) in [6.45, 7) is 2.54. The van der Waals surface area contributed by atoms with Crippen molar-refractivity contribution in [2.75, 3.05) is 20.3 Å². The zero-order valence-electron chi connectivity index (χ0n) is 11.4. The van der Waals surface area contributed by atoms with Crippen LogP contribution in [0.25, 0.3) is 11.3 Å². The van der Waals surface area contributed by atoms with Crippen molar-refractivity contribution in [2.24, 2.45) is 0 Å². The Balaban J connectivity index is 1.66. The van der Waals surface area contributed by atoms with Gasteiger partial charge in [-0.05, 0) is 30.7 Å². The van der Waals surface area contributed by atoms with E-state index in [0.29, 0.717) is 6.04 Å². The van der Waals surface area contributed by atoms with Crippen LogP contribution in [0.3, 0.4) is 0 Å². The molecule has 1 aliphatic heterocycles. The molecule has 5 heteroatoms.